The molecule has 7 nitrogen and oxygen atoms in total. The fourth-order valence-electron chi connectivity index (χ4n) is 4.64. The molecular weight excluding hydrogens is 512 g/mol. The van der Waals surface area contributed by atoms with Crippen LogP contribution in [0, 0.1) is 5.41 Å². The van der Waals surface area contributed by atoms with Crippen LogP contribution in [0.1, 0.15) is 58.3 Å². The van der Waals surface area contributed by atoms with Crippen LogP contribution in [0.5, 0.6) is 0 Å². The Morgan fingerprint density at radius 1 is 1.11 bits per heavy atom. The smallest absolute Gasteiger partial charge is 0.268 e. The Labute approximate surface area is 224 Å². The number of nitrogens with one attached hydrogen (secondary N) is 1. The summed E-state index contributed by atoms with van der Waals surface area (Å²) in [7, 11) is 0. The molecule has 0 aliphatic heterocycles. The summed E-state index contributed by atoms with van der Waals surface area (Å²) < 4.78 is 1.39. The van der Waals surface area contributed by atoms with E-state index in [1.54, 1.807) is 48.2 Å². The van der Waals surface area contributed by atoms with Gasteiger partial charge in [-0.15, -0.1) is 11.8 Å². The van der Waals surface area contributed by atoms with E-state index in [1.807, 2.05) is 32.2 Å². The average molecular weight is 541 g/mol. The second kappa shape index (κ2) is 10.8. The third kappa shape index (κ3) is 5.67. The first-order valence-corrected chi connectivity index (χ1v) is 13.5. The number of aromatic nitrogens is 1. The van der Waals surface area contributed by atoms with Gasteiger partial charge in [0.15, 0.2) is 5.78 Å². The van der Waals surface area contributed by atoms with E-state index in [4.69, 9.17) is 11.6 Å². The van der Waals surface area contributed by atoms with Crippen LogP contribution in [-0.4, -0.2) is 45.4 Å². The number of amides is 1. The van der Waals surface area contributed by atoms with E-state index in [9.17, 15) is 24.6 Å². The summed E-state index contributed by atoms with van der Waals surface area (Å²) in [4.78, 5) is 41.1. The van der Waals surface area contributed by atoms with Crippen molar-refractivity contribution in [3.63, 3.8) is 0 Å². The number of benzene rings is 2. The molecule has 0 bridgehead atoms. The maximum atomic E-state index is 13.7. The fraction of sp³-hybridized carbons (Fsp3) is 0.321. The summed E-state index contributed by atoms with van der Waals surface area (Å²) in [5.74, 6) is -0.942. The molecule has 2 aromatic carbocycles. The van der Waals surface area contributed by atoms with Gasteiger partial charge in [-0.2, -0.15) is 0 Å². The van der Waals surface area contributed by atoms with Crippen LogP contribution < -0.4 is 10.9 Å². The Morgan fingerprint density at radius 2 is 1.76 bits per heavy atom. The van der Waals surface area contributed by atoms with Crippen LogP contribution in [0.4, 0.5) is 0 Å². The van der Waals surface area contributed by atoms with Crippen molar-refractivity contribution in [3.8, 4) is 5.69 Å². The molecule has 0 saturated heterocycles. The van der Waals surface area contributed by atoms with E-state index in [0.29, 0.717) is 34.0 Å². The number of aliphatic hydroxyl groups is 2. The minimum absolute atomic E-state index is 0.157. The molecule has 0 saturated carbocycles. The van der Waals surface area contributed by atoms with Crippen molar-refractivity contribution in [3.05, 3.63) is 92.4 Å². The van der Waals surface area contributed by atoms with E-state index in [1.165, 1.54) is 10.6 Å². The van der Waals surface area contributed by atoms with E-state index >= 15 is 0 Å². The number of hydrogen-bond acceptors (Lipinski definition) is 6. The molecule has 3 N–H and O–H groups in total. The van der Waals surface area contributed by atoms with Gasteiger partial charge in [0.05, 0.1) is 12.6 Å². The van der Waals surface area contributed by atoms with Gasteiger partial charge >= 0.3 is 0 Å². The molecule has 1 amide bonds. The second-order valence-electron chi connectivity index (χ2n) is 9.96. The van der Waals surface area contributed by atoms with Crippen molar-refractivity contribution in [2.24, 2.45) is 5.41 Å². The third-order valence-electron chi connectivity index (χ3n) is 6.57. The normalized spacial score (nSPS) is 16.1. The highest BCUT2D eigenvalue weighted by atomic mass is 35.5. The maximum absolute atomic E-state index is 13.7. The molecule has 0 fully saturated rings. The minimum Gasteiger partial charge on any atom is -0.394 e. The van der Waals surface area contributed by atoms with Gasteiger partial charge in [-0.1, -0.05) is 37.6 Å². The number of aliphatic hydroxyl groups excluding tert-OH is 2. The summed E-state index contributed by atoms with van der Waals surface area (Å²) in [5.41, 5.74) is 0.652. The van der Waals surface area contributed by atoms with E-state index in [2.05, 4.69) is 5.32 Å². The first kappa shape index (κ1) is 27.1. The summed E-state index contributed by atoms with van der Waals surface area (Å²) in [6.45, 7) is 3.37. The third-order valence-corrected chi connectivity index (χ3v) is 7.57. The van der Waals surface area contributed by atoms with Crippen molar-refractivity contribution in [1.29, 1.82) is 0 Å². The van der Waals surface area contributed by atoms with Crippen LogP contribution in [0.3, 0.4) is 0 Å². The van der Waals surface area contributed by atoms with Crippen molar-refractivity contribution in [1.82, 2.24) is 9.88 Å². The highest BCUT2D eigenvalue weighted by Gasteiger charge is 2.35. The van der Waals surface area contributed by atoms with Gasteiger partial charge in [0.2, 0.25) is 0 Å². The first-order valence-electron chi connectivity index (χ1n) is 11.9. The quantitative estimate of drug-likeness (QED) is 0.388. The molecule has 0 spiro atoms. The lowest BCUT2D eigenvalue weighted by atomic mass is 9.75. The first-order chi connectivity index (χ1) is 17.5. The number of nitrogens with zero attached hydrogens (tertiary/aromatic N) is 1. The molecule has 4 rings (SSSR count). The molecule has 9 heteroatoms. The van der Waals surface area contributed by atoms with Gasteiger partial charge in [-0.25, -0.2) is 0 Å². The average Bonchev–Trinajstić information content (AvgIpc) is 2.86. The Balaban J connectivity index is 1.75. The Bertz CT molecular complexity index is 1380. The van der Waals surface area contributed by atoms with Crippen LogP contribution in [0.15, 0.2) is 64.3 Å². The number of fused-ring (bicyclic) bond motifs is 1. The van der Waals surface area contributed by atoms with E-state index in [0.717, 1.165) is 4.90 Å². The summed E-state index contributed by atoms with van der Waals surface area (Å²) in [6.07, 6.45) is 1.48. The fourth-order valence-corrected chi connectivity index (χ4v) is 5.18. The number of Topliss-reactive ketones (excluding diaryl/α,β-unsaturated/α-hetero) is 1. The number of ketones is 1. The lowest BCUT2D eigenvalue weighted by molar-refractivity contribution is 0.0701. The molecule has 3 aromatic rings. The molecule has 1 aliphatic rings. The summed E-state index contributed by atoms with van der Waals surface area (Å²) in [6, 6.07) is 14.0. The second-order valence-corrected chi connectivity index (χ2v) is 11.3. The van der Waals surface area contributed by atoms with Crippen molar-refractivity contribution in [2.75, 3.05) is 12.9 Å². The van der Waals surface area contributed by atoms with E-state index in [-0.39, 0.29) is 23.2 Å². The zero-order chi connectivity index (χ0) is 26.9. The molecule has 194 valence electrons. The highest BCUT2D eigenvalue weighted by molar-refractivity contribution is 7.98. The Morgan fingerprint density at radius 3 is 2.35 bits per heavy atom. The van der Waals surface area contributed by atoms with Crippen LogP contribution in [-0.2, 0) is 6.42 Å². The summed E-state index contributed by atoms with van der Waals surface area (Å²) in [5, 5.41) is 23.8. The molecular formula is C28H29ClN2O5S. The number of halogens is 1. The van der Waals surface area contributed by atoms with Crippen molar-refractivity contribution < 1.29 is 19.8 Å². The summed E-state index contributed by atoms with van der Waals surface area (Å²) >= 11 is 7.60. The number of hydrogen-bond donors (Lipinski definition) is 3. The largest absolute Gasteiger partial charge is 0.394 e. The number of rotatable bonds is 7. The predicted octanol–water partition coefficient (Wildman–Crippen LogP) is 4.19. The van der Waals surface area contributed by atoms with E-state index < -0.39 is 30.2 Å². The number of carbonyl (C=O) groups is 2. The topological polar surface area (TPSA) is 109 Å². The lowest BCUT2D eigenvalue weighted by Gasteiger charge is -2.32. The van der Waals surface area contributed by atoms with Crippen LogP contribution >= 0.6 is 23.4 Å². The predicted molar refractivity (Wildman–Crippen MR) is 145 cm³/mol. The minimum atomic E-state index is -1.21. The standard InChI is InChI=1S/C28H29ClN2O5S/c1-28(2)13-23-20(24(33)14-28)12-21(27(36)31(23)18-8-6-17(29)7-9-18)26(35)30-22(15-32)25(34)16-4-10-19(37-3)11-5-16/h4-12,22,25,32,34H,13-15H2,1-3H3,(H,30,35)/t22-,25-/m0/s1. The molecule has 1 aliphatic carbocycles. The monoisotopic (exact) mass is 540 g/mol. The van der Waals surface area contributed by atoms with Crippen LogP contribution in [0.25, 0.3) is 5.69 Å². The molecule has 1 heterocycles. The zero-order valence-corrected chi connectivity index (χ0v) is 22.4. The van der Waals surface area contributed by atoms with Gasteiger partial charge in [0.25, 0.3) is 11.5 Å². The molecule has 0 radical (unpaired) electrons. The number of pyridine rings is 1. The Hall–Kier alpha value is -2.91. The highest BCUT2D eigenvalue weighted by Crippen LogP contribution is 2.35. The lowest BCUT2D eigenvalue weighted by Crippen LogP contribution is -2.45. The maximum Gasteiger partial charge on any atom is 0.268 e. The SMILES string of the molecule is CSc1ccc([C@H](O)[C@H](CO)NC(=O)c2cc3c(n(-c4ccc(Cl)cc4)c2=O)CC(C)(C)CC3=O)cc1. The zero-order valence-electron chi connectivity index (χ0n) is 20.8. The number of thioether (sulfide) groups is 1. The molecule has 0 unspecified atom stereocenters. The van der Waals surface area contributed by atoms with Gasteiger partial charge in [0.1, 0.15) is 11.7 Å². The van der Waals surface area contributed by atoms with Gasteiger partial charge < -0.3 is 15.5 Å². The van der Waals surface area contributed by atoms with Gasteiger partial charge in [-0.3, -0.25) is 19.0 Å². The van der Waals surface area contributed by atoms with Gasteiger partial charge in [0, 0.05) is 33.3 Å². The van der Waals surface area contributed by atoms with Gasteiger partial charge in [-0.05, 0) is 66.1 Å². The molecule has 1 aromatic heterocycles. The van der Waals surface area contributed by atoms with Crippen LogP contribution in [0.2, 0.25) is 5.02 Å². The Kier molecular flexibility index (Phi) is 7.94. The molecule has 2 atom stereocenters. The number of carbonyl (C=O) groups excluding carboxylic acids is 2. The van der Waals surface area contributed by atoms with Crippen molar-refractivity contribution in [2.45, 2.75) is 43.7 Å². The van der Waals surface area contributed by atoms with Crippen molar-refractivity contribution >= 4 is 35.1 Å². The molecule has 37 heavy (non-hydrogen) atoms.